The Morgan fingerprint density at radius 3 is 2.71 bits per heavy atom. The average molecular weight is 528 g/mol. The van der Waals surface area contributed by atoms with E-state index in [1.807, 2.05) is 6.07 Å². The normalized spacial score (nSPS) is 14.4. The van der Waals surface area contributed by atoms with Gasteiger partial charge in [-0.2, -0.15) is 0 Å². The van der Waals surface area contributed by atoms with Gasteiger partial charge in [0.1, 0.15) is 5.75 Å². The van der Waals surface area contributed by atoms with Gasteiger partial charge >= 0.3 is 0 Å². The van der Waals surface area contributed by atoms with E-state index in [1.54, 1.807) is 18.4 Å². The predicted molar refractivity (Wildman–Crippen MR) is 159 cm³/mol. The first kappa shape index (κ1) is 26.3. The maximum Gasteiger partial charge on any atom is 0.220 e. The van der Waals surface area contributed by atoms with Gasteiger partial charge in [-0.05, 0) is 58.7 Å². The van der Waals surface area contributed by atoms with Gasteiger partial charge in [-0.3, -0.25) is 4.79 Å². The van der Waals surface area contributed by atoms with E-state index in [0.717, 1.165) is 51.2 Å². The minimum atomic E-state index is 0.130. The number of ether oxygens (including phenoxy) is 1. The van der Waals surface area contributed by atoms with Crippen molar-refractivity contribution >= 4 is 33.7 Å². The smallest absolute Gasteiger partial charge is 0.220 e. The highest BCUT2D eigenvalue weighted by atomic mass is 32.1. The Morgan fingerprint density at radius 1 is 1.05 bits per heavy atom. The minimum Gasteiger partial charge on any atom is -0.497 e. The summed E-state index contributed by atoms with van der Waals surface area (Å²) in [5, 5.41) is 11.3. The highest BCUT2D eigenvalue weighted by Crippen LogP contribution is 2.35. The molecule has 0 spiro atoms. The lowest BCUT2D eigenvalue weighted by molar-refractivity contribution is -0.121. The molecule has 3 aromatic carbocycles. The Balaban J connectivity index is 1.17. The second-order valence-corrected chi connectivity index (χ2v) is 10.8. The quantitative estimate of drug-likeness (QED) is 0.252. The van der Waals surface area contributed by atoms with Crippen LogP contribution in [-0.4, -0.2) is 45.7 Å². The first-order valence-corrected chi connectivity index (χ1v) is 14.5. The van der Waals surface area contributed by atoms with Crippen molar-refractivity contribution in [1.82, 2.24) is 10.6 Å². The van der Waals surface area contributed by atoms with Crippen molar-refractivity contribution in [2.24, 2.45) is 0 Å². The molecule has 0 radical (unpaired) electrons. The van der Waals surface area contributed by atoms with Crippen molar-refractivity contribution in [1.29, 1.82) is 0 Å². The maximum atomic E-state index is 12.8. The molecule has 1 aliphatic rings. The number of piperazine rings is 1. The first-order chi connectivity index (χ1) is 18.7. The number of rotatable bonds is 11. The molecule has 2 N–H and O–H groups in total. The number of thiophene rings is 1. The summed E-state index contributed by atoms with van der Waals surface area (Å²) in [7, 11) is 1.71. The van der Waals surface area contributed by atoms with Crippen LogP contribution in [0.5, 0.6) is 5.75 Å². The molecule has 1 aliphatic heterocycles. The molecule has 1 aromatic heterocycles. The standard InChI is InChI=1S/C32H37N3O2S/c1-37-26-15-14-25(30(23-26)35-20-18-33-19-21-35)9-5-13-32(36)34-17-16-29(31-12-6-22-38-31)28-11-4-8-24-7-2-3-10-27(24)28/h2-4,6-8,10-12,14-15,22-23,29,33H,5,9,13,16-21H2,1H3,(H,34,36). The Hall–Kier alpha value is -3.35. The largest absolute Gasteiger partial charge is 0.497 e. The zero-order chi connectivity index (χ0) is 26.2. The molecule has 1 unspecified atom stereocenters. The average Bonchev–Trinajstić information content (AvgIpc) is 3.50. The number of nitrogens with zero attached hydrogens (tertiary/aromatic N) is 1. The van der Waals surface area contributed by atoms with Gasteiger partial charge in [-0.15, -0.1) is 11.3 Å². The van der Waals surface area contributed by atoms with Gasteiger partial charge in [-0.25, -0.2) is 0 Å². The zero-order valence-corrected chi connectivity index (χ0v) is 22.9. The van der Waals surface area contributed by atoms with Crippen molar-refractivity contribution < 1.29 is 9.53 Å². The van der Waals surface area contributed by atoms with E-state index in [1.165, 1.54) is 32.5 Å². The maximum absolute atomic E-state index is 12.8. The molecule has 1 amide bonds. The third-order valence-corrected chi connectivity index (χ3v) is 8.43. The number of nitrogens with one attached hydrogen (secondary N) is 2. The number of aryl methyl sites for hydroxylation is 1. The van der Waals surface area contributed by atoms with E-state index < -0.39 is 0 Å². The summed E-state index contributed by atoms with van der Waals surface area (Å²) >= 11 is 1.79. The lowest BCUT2D eigenvalue weighted by Gasteiger charge is -2.31. The summed E-state index contributed by atoms with van der Waals surface area (Å²) in [6.45, 7) is 4.62. The topological polar surface area (TPSA) is 53.6 Å². The second kappa shape index (κ2) is 12.9. The van der Waals surface area contributed by atoms with Crippen LogP contribution in [-0.2, 0) is 11.2 Å². The van der Waals surface area contributed by atoms with Crippen LogP contribution in [0.2, 0.25) is 0 Å². The molecule has 1 fully saturated rings. The molecule has 198 valence electrons. The molecule has 2 heterocycles. The second-order valence-electron chi connectivity index (χ2n) is 9.86. The summed E-state index contributed by atoms with van der Waals surface area (Å²) in [5.74, 6) is 1.28. The summed E-state index contributed by atoms with van der Waals surface area (Å²) < 4.78 is 5.48. The number of hydrogen-bond acceptors (Lipinski definition) is 5. The molecule has 1 saturated heterocycles. The molecule has 0 saturated carbocycles. The molecule has 5 rings (SSSR count). The predicted octanol–water partition coefficient (Wildman–Crippen LogP) is 5.98. The molecular weight excluding hydrogens is 490 g/mol. The van der Waals surface area contributed by atoms with Crippen LogP contribution in [0.15, 0.2) is 78.2 Å². The van der Waals surface area contributed by atoms with Crippen molar-refractivity contribution in [2.75, 3.05) is 44.7 Å². The number of methoxy groups -OCH3 is 1. The van der Waals surface area contributed by atoms with Crippen LogP contribution in [0.1, 0.15) is 41.2 Å². The number of carbonyl (C=O) groups is 1. The molecular formula is C32H37N3O2S. The molecule has 4 aromatic rings. The van der Waals surface area contributed by atoms with Crippen LogP contribution < -0.4 is 20.3 Å². The van der Waals surface area contributed by atoms with Gasteiger partial charge < -0.3 is 20.3 Å². The number of hydrogen-bond donors (Lipinski definition) is 2. The lowest BCUT2D eigenvalue weighted by Crippen LogP contribution is -2.43. The van der Waals surface area contributed by atoms with Gasteiger partial charge in [0, 0.05) is 61.7 Å². The van der Waals surface area contributed by atoms with E-state index in [2.05, 4.69) is 87.6 Å². The number of benzene rings is 3. The fraction of sp³-hybridized carbons (Fsp3) is 0.344. The van der Waals surface area contributed by atoms with Crippen LogP contribution >= 0.6 is 11.3 Å². The molecule has 0 bridgehead atoms. The van der Waals surface area contributed by atoms with E-state index >= 15 is 0 Å². The van der Waals surface area contributed by atoms with Crippen LogP contribution in [0.3, 0.4) is 0 Å². The molecule has 38 heavy (non-hydrogen) atoms. The van der Waals surface area contributed by atoms with Gasteiger partial charge in [-0.1, -0.05) is 54.6 Å². The highest BCUT2D eigenvalue weighted by Gasteiger charge is 2.19. The minimum absolute atomic E-state index is 0.130. The Bertz CT molecular complexity index is 1330. The van der Waals surface area contributed by atoms with Gasteiger partial charge in [0.05, 0.1) is 7.11 Å². The molecule has 0 aliphatic carbocycles. The van der Waals surface area contributed by atoms with E-state index in [-0.39, 0.29) is 11.8 Å². The first-order valence-electron chi connectivity index (χ1n) is 13.6. The van der Waals surface area contributed by atoms with Crippen molar-refractivity contribution in [2.45, 2.75) is 31.6 Å². The summed E-state index contributed by atoms with van der Waals surface area (Å²) in [6, 6.07) is 25.8. The van der Waals surface area contributed by atoms with Gasteiger partial charge in [0.25, 0.3) is 0 Å². The third-order valence-electron chi connectivity index (χ3n) is 7.44. The SMILES string of the molecule is COc1ccc(CCCC(=O)NCCC(c2cccs2)c2cccc3ccccc23)c(N2CCNCC2)c1. The number of anilines is 1. The fourth-order valence-electron chi connectivity index (χ4n) is 5.46. The lowest BCUT2D eigenvalue weighted by atomic mass is 9.90. The third kappa shape index (κ3) is 6.37. The van der Waals surface area contributed by atoms with Crippen LogP contribution in [0, 0.1) is 0 Å². The Kier molecular flexibility index (Phi) is 8.94. The highest BCUT2D eigenvalue weighted by molar-refractivity contribution is 7.10. The van der Waals surface area contributed by atoms with Gasteiger partial charge in [0.2, 0.25) is 5.91 Å². The number of fused-ring (bicyclic) bond motifs is 1. The van der Waals surface area contributed by atoms with E-state index in [4.69, 9.17) is 4.74 Å². The Morgan fingerprint density at radius 2 is 1.89 bits per heavy atom. The monoisotopic (exact) mass is 527 g/mol. The van der Waals surface area contributed by atoms with Crippen molar-refractivity contribution in [3.8, 4) is 5.75 Å². The van der Waals surface area contributed by atoms with Crippen molar-refractivity contribution in [3.05, 3.63) is 94.2 Å². The van der Waals surface area contributed by atoms with E-state index in [0.29, 0.717) is 13.0 Å². The summed E-state index contributed by atoms with van der Waals surface area (Å²) in [5.41, 5.74) is 3.86. The molecule has 6 heteroatoms. The van der Waals surface area contributed by atoms with Gasteiger partial charge in [0.15, 0.2) is 0 Å². The number of carbonyl (C=O) groups excluding carboxylic acids is 1. The van der Waals surface area contributed by atoms with Crippen LogP contribution in [0.4, 0.5) is 5.69 Å². The molecule has 5 nitrogen and oxygen atoms in total. The fourth-order valence-corrected chi connectivity index (χ4v) is 6.34. The Labute approximate surface area is 229 Å². The summed E-state index contributed by atoms with van der Waals surface area (Å²) in [6.07, 6.45) is 3.12. The van der Waals surface area contributed by atoms with E-state index in [9.17, 15) is 4.79 Å². The van der Waals surface area contributed by atoms with Crippen LogP contribution in [0.25, 0.3) is 10.8 Å². The number of amides is 1. The zero-order valence-electron chi connectivity index (χ0n) is 22.1. The van der Waals surface area contributed by atoms with Crippen molar-refractivity contribution in [3.63, 3.8) is 0 Å². The molecule has 1 atom stereocenters. The summed E-state index contributed by atoms with van der Waals surface area (Å²) in [4.78, 5) is 16.6.